The molecule has 9 nitrogen and oxygen atoms in total. The van der Waals surface area contributed by atoms with Crippen molar-refractivity contribution in [1.82, 2.24) is 24.9 Å². The summed E-state index contributed by atoms with van der Waals surface area (Å²) in [5.74, 6) is -1.37. The molecule has 2 aliphatic rings. The molecule has 0 aliphatic carbocycles. The Hall–Kier alpha value is -3.27. The number of halogens is 1. The Morgan fingerprint density at radius 1 is 1.23 bits per heavy atom. The van der Waals surface area contributed by atoms with Crippen LogP contribution in [-0.4, -0.2) is 76.2 Å². The van der Waals surface area contributed by atoms with Crippen molar-refractivity contribution in [3.05, 3.63) is 53.1 Å². The third kappa shape index (κ3) is 3.90. The number of benzene rings is 1. The third-order valence-electron chi connectivity index (χ3n) is 5.87. The Bertz CT molecular complexity index is 1020. The second-order valence-corrected chi connectivity index (χ2v) is 7.92. The number of amides is 3. The smallest absolute Gasteiger partial charge is 0.274 e. The normalized spacial score (nSPS) is 21.1. The quantitative estimate of drug-likeness (QED) is 0.770. The van der Waals surface area contributed by atoms with Crippen molar-refractivity contribution in [2.24, 2.45) is 0 Å². The van der Waals surface area contributed by atoms with E-state index in [-0.39, 0.29) is 48.0 Å². The van der Waals surface area contributed by atoms with Crippen molar-refractivity contribution in [2.75, 3.05) is 33.4 Å². The highest BCUT2D eigenvalue weighted by Gasteiger charge is 2.46. The third-order valence-corrected chi connectivity index (χ3v) is 5.87. The number of hydrogen-bond acceptors (Lipinski definition) is 5. The molecule has 3 heterocycles. The van der Waals surface area contributed by atoms with Gasteiger partial charge in [0, 0.05) is 32.7 Å². The van der Waals surface area contributed by atoms with Crippen molar-refractivity contribution in [3.63, 3.8) is 0 Å². The Balaban J connectivity index is 1.51. The maximum absolute atomic E-state index is 13.1. The fourth-order valence-electron chi connectivity index (χ4n) is 3.74. The van der Waals surface area contributed by atoms with Gasteiger partial charge in [-0.1, -0.05) is 12.1 Å². The Labute approximate surface area is 178 Å². The molecular formula is C21H24FN5O4. The molecule has 0 unspecified atom stereocenters. The first-order chi connectivity index (χ1) is 14.8. The molecule has 0 saturated carbocycles. The largest absolute Gasteiger partial charge is 0.378 e. The Morgan fingerprint density at radius 3 is 2.58 bits per heavy atom. The zero-order valence-corrected chi connectivity index (χ0v) is 17.4. The van der Waals surface area contributed by atoms with Crippen LogP contribution in [0.2, 0.25) is 0 Å². The van der Waals surface area contributed by atoms with E-state index in [0.717, 1.165) is 5.56 Å². The fraction of sp³-hybridized carbons (Fsp3) is 0.429. The first-order valence-electron chi connectivity index (χ1n) is 10.1. The van der Waals surface area contributed by atoms with Crippen molar-refractivity contribution in [1.29, 1.82) is 0 Å². The first kappa shape index (κ1) is 21.0. The Kier molecular flexibility index (Phi) is 5.48. The molecule has 31 heavy (non-hydrogen) atoms. The number of carbonyl (C=O) groups is 3. The van der Waals surface area contributed by atoms with Crippen molar-refractivity contribution >= 4 is 17.7 Å². The molecule has 4 rings (SSSR count). The lowest BCUT2D eigenvalue weighted by Gasteiger charge is -2.40. The lowest BCUT2D eigenvalue weighted by Crippen LogP contribution is -2.62. The number of ether oxygens (including phenoxy) is 1. The van der Waals surface area contributed by atoms with Gasteiger partial charge in [0.15, 0.2) is 5.69 Å². The van der Waals surface area contributed by atoms with Crippen LogP contribution in [0.3, 0.4) is 0 Å². The summed E-state index contributed by atoms with van der Waals surface area (Å²) in [6.45, 7) is 3.83. The number of fused-ring (bicyclic) bond motifs is 1. The molecule has 1 fully saturated rings. The van der Waals surface area contributed by atoms with Crippen LogP contribution in [0.1, 0.15) is 33.5 Å². The van der Waals surface area contributed by atoms with Gasteiger partial charge in [0.2, 0.25) is 5.91 Å². The predicted molar refractivity (Wildman–Crippen MR) is 108 cm³/mol. The minimum Gasteiger partial charge on any atom is -0.378 e. The molecule has 0 radical (unpaired) electrons. The monoisotopic (exact) mass is 429 g/mol. The van der Waals surface area contributed by atoms with Gasteiger partial charge in [0.05, 0.1) is 19.8 Å². The SMILES string of the molecule is CN1C(=O)c2cc(C(=O)N3CCOCC3)nn2C[C@@]1(C)C(=O)NCc1ccc(F)cc1. The zero-order valence-electron chi connectivity index (χ0n) is 17.4. The zero-order chi connectivity index (χ0) is 22.2. The summed E-state index contributed by atoms with van der Waals surface area (Å²) in [4.78, 5) is 41.7. The standard InChI is InChI=1S/C21H24FN5O4/c1-21(20(30)23-12-14-3-5-15(22)6-4-14)13-27-17(19(29)25(21)2)11-16(24-27)18(28)26-7-9-31-10-8-26/h3-6,11H,7-10,12-13H2,1-2H3,(H,23,30)/t21-/m0/s1. The van der Waals surface area contributed by atoms with Crippen LogP contribution in [0, 0.1) is 5.82 Å². The van der Waals surface area contributed by atoms with Crippen molar-refractivity contribution in [2.45, 2.75) is 25.6 Å². The van der Waals surface area contributed by atoms with E-state index >= 15 is 0 Å². The van der Waals surface area contributed by atoms with Crippen LogP contribution >= 0.6 is 0 Å². The fourth-order valence-corrected chi connectivity index (χ4v) is 3.74. The molecule has 0 bridgehead atoms. The second kappa shape index (κ2) is 8.10. The second-order valence-electron chi connectivity index (χ2n) is 7.92. The first-order valence-corrected chi connectivity index (χ1v) is 10.1. The minimum atomic E-state index is -1.20. The average molecular weight is 429 g/mol. The van der Waals surface area contributed by atoms with Gasteiger partial charge < -0.3 is 19.9 Å². The molecule has 1 saturated heterocycles. The average Bonchev–Trinajstić information content (AvgIpc) is 3.20. The molecule has 2 aromatic rings. The van der Waals surface area contributed by atoms with Crippen LogP contribution in [0.25, 0.3) is 0 Å². The van der Waals surface area contributed by atoms with Crippen molar-refractivity contribution < 1.29 is 23.5 Å². The summed E-state index contributed by atoms with van der Waals surface area (Å²) in [7, 11) is 1.56. The lowest BCUT2D eigenvalue weighted by atomic mass is 9.96. The molecule has 10 heteroatoms. The van der Waals surface area contributed by atoms with E-state index in [4.69, 9.17) is 4.74 Å². The van der Waals surface area contributed by atoms with Crippen LogP contribution in [-0.2, 0) is 22.6 Å². The summed E-state index contributed by atoms with van der Waals surface area (Å²) in [6.07, 6.45) is 0. The van der Waals surface area contributed by atoms with Gasteiger partial charge in [0.25, 0.3) is 11.8 Å². The number of nitrogens with one attached hydrogen (secondary N) is 1. The highest BCUT2D eigenvalue weighted by molar-refractivity contribution is 6.01. The summed E-state index contributed by atoms with van der Waals surface area (Å²) >= 11 is 0. The van der Waals surface area contributed by atoms with Gasteiger partial charge in [-0.05, 0) is 24.6 Å². The molecule has 2 aliphatic heterocycles. The number of likely N-dealkylation sites (N-methyl/N-ethyl adjacent to an activating group) is 1. The van der Waals surface area contributed by atoms with Crippen LogP contribution < -0.4 is 5.32 Å². The van der Waals surface area contributed by atoms with Crippen molar-refractivity contribution in [3.8, 4) is 0 Å². The number of carbonyl (C=O) groups excluding carboxylic acids is 3. The number of hydrogen-bond donors (Lipinski definition) is 1. The van der Waals surface area contributed by atoms with Crippen LogP contribution in [0.4, 0.5) is 4.39 Å². The summed E-state index contributed by atoms with van der Waals surface area (Å²) < 4.78 is 19.8. The van der Waals surface area contributed by atoms with E-state index < -0.39 is 5.54 Å². The van der Waals surface area contributed by atoms with E-state index in [1.807, 2.05) is 0 Å². The highest BCUT2D eigenvalue weighted by atomic mass is 19.1. The molecule has 1 N–H and O–H groups in total. The topological polar surface area (TPSA) is 96.8 Å². The lowest BCUT2D eigenvalue weighted by molar-refractivity contribution is -0.132. The van der Waals surface area contributed by atoms with Crippen LogP contribution in [0.15, 0.2) is 30.3 Å². The summed E-state index contributed by atoms with van der Waals surface area (Å²) in [5, 5.41) is 7.14. The van der Waals surface area contributed by atoms with E-state index in [9.17, 15) is 18.8 Å². The van der Waals surface area contributed by atoms with Gasteiger partial charge in [0.1, 0.15) is 17.1 Å². The number of morpholine rings is 1. The molecule has 3 amide bonds. The molecule has 0 spiro atoms. The van der Waals surface area contributed by atoms with Gasteiger partial charge in [-0.25, -0.2) is 4.39 Å². The van der Waals surface area contributed by atoms with E-state index in [1.54, 1.807) is 31.0 Å². The van der Waals surface area contributed by atoms with E-state index in [1.165, 1.54) is 27.8 Å². The maximum atomic E-state index is 13.1. The van der Waals surface area contributed by atoms with Gasteiger partial charge in [-0.3, -0.25) is 19.1 Å². The molecule has 1 aromatic carbocycles. The molecule has 1 aromatic heterocycles. The number of aromatic nitrogens is 2. The number of nitrogens with zero attached hydrogens (tertiary/aromatic N) is 4. The molecular weight excluding hydrogens is 405 g/mol. The van der Waals surface area contributed by atoms with Crippen LogP contribution in [0.5, 0.6) is 0 Å². The summed E-state index contributed by atoms with van der Waals surface area (Å²) in [6, 6.07) is 7.29. The van der Waals surface area contributed by atoms with E-state index in [2.05, 4.69) is 10.4 Å². The molecule has 164 valence electrons. The maximum Gasteiger partial charge on any atom is 0.274 e. The predicted octanol–water partition coefficient (Wildman–Crippen LogP) is 0.655. The summed E-state index contributed by atoms with van der Waals surface area (Å²) in [5.41, 5.74) is -0.0195. The number of rotatable bonds is 4. The van der Waals surface area contributed by atoms with E-state index in [0.29, 0.717) is 26.3 Å². The van der Waals surface area contributed by atoms with Gasteiger partial charge in [-0.2, -0.15) is 5.10 Å². The van der Waals surface area contributed by atoms with Gasteiger partial charge in [-0.15, -0.1) is 0 Å². The Morgan fingerprint density at radius 2 is 1.90 bits per heavy atom. The minimum absolute atomic E-state index is 0.107. The van der Waals surface area contributed by atoms with Gasteiger partial charge >= 0.3 is 0 Å². The highest BCUT2D eigenvalue weighted by Crippen LogP contribution is 2.26. The molecule has 1 atom stereocenters.